The van der Waals surface area contributed by atoms with E-state index in [1.807, 2.05) is 19.1 Å². The van der Waals surface area contributed by atoms with Crippen molar-refractivity contribution in [2.75, 3.05) is 0 Å². The Balaban J connectivity index is 2.38. The van der Waals surface area contributed by atoms with Gasteiger partial charge in [0, 0.05) is 5.92 Å². The molecule has 2 aliphatic rings. The Morgan fingerprint density at radius 1 is 1.58 bits per heavy atom. The number of ether oxygens (including phenoxy) is 1. The highest BCUT2D eigenvalue weighted by molar-refractivity contribution is 6.36. The lowest BCUT2D eigenvalue weighted by atomic mass is 9.87. The predicted octanol–water partition coefficient (Wildman–Crippen LogP) is 1.53. The SMILES string of the molecule is CC1C(=O)C(C)(Cl)C2C=CC1O2. The molecule has 0 aliphatic carbocycles. The molecular weight excluding hydrogens is 176 g/mol. The first kappa shape index (κ1) is 8.27. The number of rotatable bonds is 0. The van der Waals surface area contributed by atoms with Gasteiger partial charge in [-0.05, 0) is 6.92 Å². The molecule has 2 rings (SSSR count). The third kappa shape index (κ3) is 0.882. The first-order chi connectivity index (χ1) is 5.53. The Kier molecular flexibility index (Phi) is 1.61. The first-order valence-corrected chi connectivity index (χ1v) is 4.48. The number of halogens is 1. The molecule has 0 amide bonds. The van der Waals surface area contributed by atoms with E-state index < -0.39 is 4.87 Å². The van der Waals surface area contributed by atoms with E-state index in [1.54, 1.807) is 6.92 Å². The predicted molar refractivity (Wildman–Crippen MR) is 46.2 cm³/mol. The summed E-state index contributed by atoms with van der Waals surface area (Å²) in [5, 5.41) is 0. The van der Waals surface area contributed by atoms with Gasteiger partial charge in [-0.2, -0.15) is 0 Å². The molecule has 4 atom stereocenters. The highest BCUT2D eigenvalue weighted by Crippen LogP contribution is 2.39. The van der Waals surface area contributed by atoms with E-state index in [9.17, 15) is 4.79 Å². The topological polar surface area (TPSA) is 26.3 Å². The first-order valence-electron chi connectivity index (χ1n) is 4.10. The standard InChI is InChI=1S/C9H11ClO2/c1-5-6-3-4-7(12-6)9(2,10)8(5)11/h3-7H,1-2H3. The monoisotopic (exact) mass is 186 g/mol. The average Bonchev–Trinajstić information content (AvgIpc) is 2.46. The Labute approximate surface area is 76.5 Å². The number of alkyl halides is 1. The summed E-state index contributed by atoms with van der Waals surface area (Å²) in [5.41, 5.74) is 0. The Morgan fingerprint density at radius 3 is 2.92 bits per heavy atom. The molecule has 4 unspecified atom stereocenters. The maximum Gasteiger partial charge on any atom is 0.162 e. The molecule has 3 heteroatoms. The van der Waals surface area contributed by atoms with Crippen LogP contribution < -0.4 is 0 Å². The zero-order valence-electron chi connectivity index (χ0n) is 7.08. The number of carbonyl (C=O) groups is 1. The Morgan fingerprint density at radius 2 is 2.25 bits per heavy atom. The second-order valence-electron chi connectivity index (χ2n) is 3.63. The van der Waals surface area contributed by atoms with E-state index in [2.05, 4.69) is 0 Å². The third-order valence-corrected chi connectivity index (χ3v) is 3.10. The van der Waals surface area contributed by atoms with Crippen LogP contribution in [-0.4, -0.2) is 22.9 Å². The summed E-state index contributed by atoms with van der Waals surface area (Å²) in [6, 6.07) is 0. The molecule has 66 valence electrons. The Hall–Kier alpha value is -0.340. The lowest BCUT2D eigenvalue weighted by molar-refractivity contribution is -0.140. The summed E-state index contributed by atoms with van der Waals surface area (Å²) < 4.78 is 5.53. The van der Waals surface area contributed by atoms with Crippen molar-refractivity contribution in [3.8, 4) is 0 Å². The van der Waals surface area contributed by atoms with Crippen LogP contribution in [0.2, 0.25) is 0 Å². The van der Waals surface area contributed by atoms with E-state index in [0.29, 0.717) is 0 Å². The molecular formula is C9H11ClO2. The molecule has 1 fully saturated rings. The van der Waals surface area contributed by atoms with Crippen molar-refractivity contribution >= 4 is 17.4 Å². The highest BCUT2D eigenvalue weighted by Gasteiger charge is 2.51. The van der Waals surface area contributed by atoms with Crippen molar-refractivity contribution in [2.45, 2.75) is 30.9 Å². The molecule has 0 radical (unpaired) electrons. The van der Waals surface area contributed by atoms with Crippen LogP contribution in [-0.2, 0) is 9.53 Å². The zero-order chi connectivity index (χ0) is 8.93. The fourth-order valence-electron chi connectivity index (χ4n) is 1.80. The number of Topliss-reactive ketones (excluding diaryl/α,β-unsaturated/α-hetero) is 1. The third-order valence-electron chi connectivity index (χ3n) is 2.70. The second kappa shape index (κ2) is 2.33. The van der Waals surface area contributed by atoms with Crippen LogP contribution in [0.25, 0.3) is 0 Å². The van der Waals surface area contributed by atoms with Gasteiger partial charge in [-0.3, -0.25) is 4.79 Å². The molecule has 2 bridgehead atoms. The highest BCUT2D eigenvalue weighted by atomic mass is 35.5. The summed E-state index contributed by atoms with van der Waals surface area (Å²) >= 11 is 6.08. The summed E-state index contributed by atoms with van der Waals surface area (Å²) in [5.74, 6) is -0.0158. The van der Waals surface area contributed by atoms with Crippen molar-refractivity contribution in [2.24, 2.45) is 5.92 Å². The molecule has 12 heavy (non-hydrogen) atoms. The molecule has 1 saturated heterocycles. The van der Waals surface area contributed by atoms with E-state index in [1.165, 1.54) is 0 Å². The van der Waals surface area contributed by atoms with Crippen LogP contribution in [0.4, 0.5) is 0 Å². The fraction of sp³-hybridized carbons (Fsp3) is 0.667. The van der Waals surface area contributed by atoms with E-state index >= 15 is 0 Å². The molecule has 0 saturated carbocycles. The molecule has 0 aromatic carbocycles. The van der Waals surface area contributed by atoms with Gasteiger partial charge in [-0.15, -0.1) is 11.6 Å². The van der Waals surface area contributed by atoms with Gasteiger partial charge in [0.05, 0.1) is 6.10 Å². The van der Waals surface area contributed by atoms with Crippen LogP contribution in [0.15, 0.2) is 12.2 Å². The molecule has 2 heterocycles. The largest absolute Gasteiger partial charge is 0.364 e. The molecule has 0 spiro atoms. The van der Waals surface area contributed by atoms with Crippen molar-refractivity contribution in [1.82, 2.24) is 0 Å². The smallest absolute Gasteiger partial charge is 0.162 e. The molecule has 2 aliphatic heterocycles. The van der Waals surface area contributed by atoms with E-state index in [0.717, 1.165) is 0 Å². The van der Waals surface area contributed by atoms with Crippen molar-refractivity contribution < 1.29 is 9.53 Å². The second-order valence-corrected chi connectivity index (χ2v) is 4.42. The molecule has 0 aromatic heterocycles. The summed E-state index contributed by atoms with van der Waals surface area (Å²) in [6.45, 7) is 3.59. The number of ketones is 1. The van der Waals surface area contributed by atoms with Gasteiger partial charge in [-0.25, -0.2) is 0 Å². The van der Waals surface area contributed by atoms with Crippen LogP contribution in [0.1, 0.15) is 13.8 Å². The summed E-state index contributed by atoms with van der Waals surface area (Å²) in [7, 11) is 0. The number of hydrogen-bond donors (Lipinski definition) is 0. The van der Waals surface area contributed by atoms with Gasteiger partial charge in [0.2, 0.25) is 0 Å². The Bertz CT molecular complexity index is 257. The summed E-state index contributed by atoms with van der Waals surface area (Å²) in [6.07, 6.45) is 3.54. The van der Waals surface area contributed by atoms with E-state index in [-0.39, 0.29) is 23.9 Å². The van der Waals surface area contributed by atoms with Gasteiger partial charge >= 0.3 is 0 Å². The van der Waals surface area contributed by atoms with Crippen LogP contribution in [0.3, 0.4) is 0 Å². The van der Waals surface area contributed by atoms with Gasteiger partial charge in [-0.1, -0.05) is 19.1 Å². The maximum absolute atomic E-state index is 11.7. The van der Waals surface area contributed by atoms with Crippen molar-refractivity contribution in [1.29, 1.82) is 0 Å². The van der Waals surface area contributed by atoms with Crippen LogP contribution >= 0.6 is 11.6 Å². The minimum Gasteiger partial charge on any atom is -0.364 e. The molecule has 2 nitrogen and oxygen atoms in total. The van der Waals surface area contributed by atoms with Crippen molar-refractivity contribution in [3.05, 3.63) is 12.2 Å². The van der Waals surface area contributed by atoms with Gasteiger partial charge < -0.3 is 4.74 Å². The molecule has 0 aromatic rings. The minimum absolute atomic E-state index is 0.0469. The van der Waals surface area contributed by atoms with Gasteiger partial charge in [0.1, 0.15) is 11.0 Å². The average molecular weight is 187 g/mol. The van der Waals surface area contributed by atoms with Crippen LogP contribution in [0.5, 0.6) is 0 Å². The zero-order valence-corrected chi connectivity index (χ0v) is 7.84. The van der Waals surface area contributed by atoms with Crippen LogP contribution in [0, 0.1) is 5.92 Å². The number of carbonyl (C=O) groups excluding carboxylic acids is 1. The number of hydrogen-bond acceptors (Lipinski definition) is 2. The van der Waals surface area contributed by atoms with E-state index in [4.69, 9.17) is 16.3 Å². The van der Waals surface area contributed by atoms with Gasteiger partial charge in [0.15, 0.2) is 5.78 Å². The quantitative estimate of drug-likeness (QED) is 0.424. The maximum atomic E-state index is 11.7. The molecule has 0 N–H and O–H groups in total. The fourth-order valence-corrected chi connectivity index (χ4v) is 2.09. The van der Waals surface area contributed by atoms with Gasteiger partial charge in [0.25, 0.3) is 0 Å². The lowest BCUT2D eigenvalue weighted by Crippen LogP contribution is -2.51. The van der Waals surface area contributed by atoms with Crippen molar-refractivity contribution in [3.63, 3.8) is 0 Å². The summed E-state index contributed by atoms with van der Waals surface area (Å²) in [4.78, 5) is 10.8. The normalized spacial score (nSPS) is 51.6. The minimum atomic E-state index is -0.858. The number of fused-ring (bicyclic) bond motifs is 2. The lowest BCUT2D eigenvalue weighted by Gasteiger charge is -2.36.